The largest absolute Gasteiger partial charge is 0.474 e. The highest BCUT2D eigenvalue weighted by Gasteiger charge is 2.35. The van der Waals surface area contributed by atoms with Crippen molar-refractivity contribution in [3.8, 4) is 0 Å². The first-order valence-electron chi connectivity index (χ1n) is 4.30. The predicted molar refractivity (Wildman–Crippen MR) is 61.4 cm³/mol. The highest BCUT2D eigenvalue weighted by molar-refractivity contribution is 7.58. The summed E-state index contributed by atoms with van der Waals surface area (Å²) in [7, 11) is -1.93. The van der Waals surface area contributed by atoms with Gasteiger partial charge in [-0.3, -0.25) is 9.13 Å². The fourth-order valence-electron chi connectivity index (χ4n) is 0.811. The van der Waals surface area contributed by atoms with Crippen LogP contribution in [0.1, 0.15) is 0 Å². The van der Waals surface area contributed by atoms with Gasteiger partial charge in [0.25, 0.3) is 0 Å². The molecule has 0 saturated carbocycles. The van der Waals surface area contributed by atoms with Crippen LogP contribution < -0.4 is 0 Å². The van der Waals surface area contributed by atoms with Crippen LogP contribution in [-0.4, -0.2) is 71.4 Å². The molecule has 1 aliphatic heterocycles. The second-order valence-corrected chi connectivity index (χ2v) is 9.37. The van der Waals surface area contributed by atoms with Gasteiger partial charge in [-0.15, -0.1) is 0 Å². The van der Waals surface area contributed by atoms with E-state index >= 15 is 0 Å². The Labute approximate surface area is 99.4 Å². The number of nitrogens with zero attached hydrogens (tertiary/aromatic N) is 2. The molecule has 9 heteroatoms. The third-order valence-electron chi connectivity index (χ3n) is 1.89. The molecule has 0 amide bonds. The van der Waals surface area contributed by atoms with Crippen LogP contribution in [0, 0.1) is 0 Å². The Morgan fingerprint density at radius 2 is 1.60 bits per heavy atom. The van der Waals surface area contributed by atoms with Crippen molar-refractivity contribution >= 4 is 31.7 Å². The van der Waals surface area contributed by atoms with Crippen molar-refractivity contribution in [3.05, 3.63) is 0 Å². The number of hydrogen-bond donors (Lipinski definition) is 1. The van der Waals surface area contributed by atoms with E-state index in [2.05, 4.69) is 3.58 Å². The number of rotatable bonds is 1. The van der Waals surface area contributed by atoms with Gasteiger partial charge in [-0.05, 0) is 14.1 Å². The standard InChI is InChI=1S/C4H11N2O2P.C2H7O2P.Al/c1-5-3-4-6(2)9(5,7)8;1-5(2,3)4;/h3-4H2,1-2H3,(H,7,8);1-2H3,(H,3,4);/q;;+1/p-1. The third-order valence-corrected chi connectivity index (χ3v) is 6.10. The molecule has 6 nitrogen and oxygen atoms in total. The van der Waals surface area contributed by atoms with Gasteiger partial charge in [0.05, 0.1) is 0 Å². The lowest BCUT2D eigenvalue weighted by atomic mass is 10.6. The van der Waals surface area contributed by atoms with E-state index in [0.29, 0.717) is 13.1 Å². The van der Waals surface area contributed by atoms with E-state index in [1.807, 2.05) is 16.6 Å². The minimum Gasteiger partial charge on any atom is -0.474 e. The molecular formula is C6H17AlN2O4P2. The maximum absolute atomic E-state index is 11.1. The summed E-state index contributed by atoms with van der Waals surface area (Å²) in [4.78, 5) is 9.14. The summed E-state index contributed by atoms with van der Waals surface area (Å²) in [6.07, 6.45) is 0. The molecule has 88 valence electrons. The SMILES string of the molecule is CN1CCN(C)P1(=O)O.CP(C)(=O)[O][Al]. The zero-order valence-electron chi connectivity index (χ0n) is 9.45. The second kappa shape index (κ2) is 5.95. The molecule has 2 radical (unpaired) electrons. The molecule has 0 unspecified atom stereocenters. The Morgan fingerprint density at radius 1 is 1.33 bits per heavy atom. The van der Waals surface area contributed by atoms with Crippen LogP contribution in [0.4, 0.5) is 0 Å². The van der Waals surface area contributed by atoms with Crippen molar-refractivity contribution in [1.29, 1.82) is 0 Å². The summed E-state index contributed by atoms with van der Waals surface area (Å²) < 4.78 is 28.8. The Balaban J connectivity index is 0.000000288. The van der Waals surface area contributed by atoms with Crippen LogP contribution in [0.15, 0.2) is 0 Å². The summed E-state index contributed by atoms with van der Waals surface area (Å²) >= 11 is 1.96. The maximum Gasteiger partial charge on any atom is 0.381 e. The summed E-state index contributed by atoms with van der Waals surface area (Å²) in [6.45, 7) is 4.48. The summed E-state index contributed by atoms with van der Waals surface area (Å²) in [6, 6.07) is 0. The Morgan fingerprint density at radius 3 is 1.67 bits per heavy atom. The van der Waals surface area contributed by atoms with Crippen LogP contribution in [0.2, 0.25) is 0 Å². The highest BCUT2D eigenvalue weighted by Crippen LogP contribution is 2.50. The molecular weight excluding hydrogens is 253 g/mol. The second-order valence-electron chi connectivity index (χ2n) is 3.63. The van der Waals surface area contributed by atoms with Gasteiger partial charge in [-0.2, -0.15) is 0 Å². The highest BCUT2D eigenvalue weighted by atomic mass is 31.2. The van der Waals surface area contributed by atoms with Gasteiger partial charge >= 0.3 is 24.3 Å². The topological polar surface area (TPSA) is 70.1 Å². The molecule has 0 aromatic rings. The Bertz CT molecular complexity index is 281. The molecule has 15 heavy (non-hydrogen) atoms. The van der Waals surface area contributed by atoms with E-state index in [0.717, 1.165) is 0 Å². The number of hydrogen-bond acceptors (Lipinski definition) is 3. The van der Waals surface area contributed by atoms with E-state index in [-0.39, 0.29) is 0 Å². The van der Waals surface area contributed by atoms with Crippen molar-refractivity contribution in [2.24, 2.45) is 0 Å². The van der Waals surface area contributed by atoms with Crippen molar-refractivity contribution in [2.75, 3.05) is 40.5 Å². The normalized spacial score (nSPS) is 22.2. The Kier molecular flexibility index (Phi) is 6.28. The lowest BCUT2D eigenvalue weighted by Crippen LogP contribution is -2.11. The van der Waals surface area contributed by atoms with E-state index in [1.54, 1.807) is 27.4 Å². The molecule has 1 heterocycles. The Hall–Kier alpha value is 0.832. The monoisotopic (exact) mass is 270 g/mol. The van der Waals surface area contributed by atoms with E-state index in [1.165, 1.54) is 9.34 Å². The average molecular weight is 270 g/mol. The molecule has 0 aromatic heterocycles. The number of likely N-dealkylation sites (N-methyl/N-ethyl adjacent to an activating group) is 2. The smallest absolute Gasteiger partial charge is 0.381 e. The zero-order valence-corrected chi connectivity index (χ0v) is 12.4. The summed E-state index contributed by atoms with van der Waals surface area (Å²) in [5.41, 5.74) is 0. The zero-order chi connectivity index (χ0) is 12.3. The summed E-state index contributed by atoms with van der Waals surface area (Å²) in [5.74, 6) is 0. The van der Waals surface area contributed by atoms with Crippen LogP contribution in [0.3, 0.4) is 0 Å². The molecule has 1 N–H and O–H groups in total. The van der Waals surface area contributed by atoms with E-state index in [9.17, 15) is 9.13 Å². The molecule has 0 spiro atoms. The average Bonchev–Trinajstić information content (AvgIpc) is 2.32. The van der Waals surface area contributed by atoms with Crippen molar-refractivity contribution in [3.63, 3.8) is 0 Å². The first-order chi connectivity index (χ1) is 6.61. The van der Waals surface area contributed by atoms with Gasteiger partial charge in [0, 0.05) is 26.4 Å². The van der Waals surface area contributed by atoms with Crippen LogP contribution in [0.5, 0.6) is 0 Å². The van der Waals surface area contributed by atoms with Crippen LogP contribution in [-0.2, 0) is 12.7 Å². The molecule has 1 saturated heterocycles. The minimum atomic E-state index is -3.06. The molecule has 1 fully saturated rings. The lowest BCUT2D eigenvalue weighted by Gasteiger charge is -2.17. The van der Waals surface area contributed by atoms with Crippen LogP contribution >= 0.6 is 15.0 Å². The third kappa shape index (κ3) is 5.63. The minimum absolute atomic E-state index is 0.685. The quantitative estimate of drug-likeness (QED) is 0.555. The molecule has 1 aliphatic rings. The predicted octanol–water partition coefficient (Wildman–Crippen LogP) is 0.588. The molecule has 0 aromatic carbocycles. The van der Waals surface area contributed by atoms with Gasteiger partial charge in [-0.1, -0.05) is 0 Å². The van der Waals surface area contributed by atoms with Crippen molar-refractivity contribution < 1.29 is 17.6 Å². The fraction of sp³-hybridized carbons (Fsp3) is 1.00. The maximum atomic E-state index is 11.1. The van der Waals surface area contributed by atoms with Crippen molar-refractivity contribution in [2.45, 2.75) is 0 Å². The van der Waals surface area contributed by atoms with Gasteiger partial charge in [-0.25, -0.2) is 9.34 Å². The molecule has 0 aliphatic carbocycles. The van der Waals surface area contributed by atoms with E-state index in [4.69, 9.17) is 4.89 Å². The molecule has 1 rings (SSSR count). The first kappa shape index (κ1) is 15.8. The van der Waals surface area contributed by atoms with Gasteiger partial charge in [0.1, 0.15) is 0 Å². The van der Waals surface area contributed by atoms with Crippen LogP contribution in [0.25, 0.3) is 0 Å². The van der Waals surface area contributed by atoms with E-state index < -0.39 is 15.0 Å². The van der Waals surface area contributed by atoms with Gasteiger partial charge in [0.2, 0.25) is 0 Å². The first-order valence-corrected chi connectivity index (χ1v) is 8.86. The van der Waals surface area contributed by atoms with Gasteiger partial charge in [0.15, 0.2) is 7.37 Å². The van der Waals surface area contributed by atoms with Gasteiger partial charge < -0.3 is 8.47 Å². The fourth-order valence-corrected chi connectivity index (χ4v) is 2.03. The lowest BCUT2D eigenvalue weighted by molar-refractivity contribution is 0.379. The molecule has 0 atom stereocenters. The summed E-state index contributed by atoms with van der Waals surface area (Å²) in [5, 5.41) is 0. The van der Waals surface area contributed by atoms with Crippen molar-refractivity contribution in [1.82, 2.24) is 9.34 Å². The molecule has 0 bridgehead atoms.